The van der Waals surface area contributed by atoms with Gasteiger partial charge in [0.2, 0.25) is 5.91 Å². The first-order valence-electron chi connectivity index (χ1n) is 10.5. The first kappa shape index (κ1) is 24.3. The van der Waals surface area contributed by atoms with E-state index in [4.69, 9.17) is 23.2 Å². The summed E-state index contributed by atoms with van der Waals surface area (Å²) in [7, 11) is 0. The van der Waals surface area contributed by atoms with E-state index in [1.165, 1.54) is 0 Å². The first-order chi connectivity index (χ1) is 14.9. The van der Waals surface area contributed by atoms with E-state index in [0.717, 1.165) is 56.6 Å². The van der Waals surface area contributed by atoms with Crippen LogP contribution in [0.25, 0.3) is 21.6 Å². The van der Waals surface area contributed by atoms with E-state index in [-0.39, 0.29) is 11.8 Å². The fraction of sp³-hybridized carbons (Fsp3) is 0.320. The summed E-state index contributed by atoms with van der Waals surface area (Å²) in [6.07, 6.45) is 4.00. The summed E-state index contributed by atoms with van der Waals surface area (Å²) >= 11 is 17.8. The van der Waals surface area contributed by atoms with Crippen molar-refractivity contribution in [2.24, 2.45) is 5.92 Å². The van der Waals surface area contributed by atoms with Crippen molar-refractivity contribution in [2.45, 2.75) is 46.1 Å². The number of hydrogen-bond donors (Lipinski definition) is 1. The van der Waals surface area contributed by atoms with Crippen LogP contribution in [0.15, 0.2) is 53.0 Å². The molecule has 31 heavy (non-hydrogen) atoms. The van der Waals surface area contributed by atoms with Gasteiger partial charge in [0, 0.05) is 36.3 Å². The Kier molecular flexibility index (Phi) is 9.03. The van der Waals surface area contributed by atoms with Crippen LogP contribution in [0, 0.1) is 5.92 Å². The van der Waals surface area contributed by atoms with Crippen molar-refractivity contribution >= 4 is 56.4 Å². The zero-order valence-corrected chi connectivity index (χ0v) is 21.6. The number of halogens is 3. The number of benzene rings is 2. The third kappa shape index (κ3) is 6.35. The van der Waals surface area contributed by atoms with E-state index in [0.29, 0.717) is 16.6 Å². The highest BCUT2D eigenvalue weighted by atomic mass is 79.9. The van der Waals surface area contributed by atoms with E-state index >= 15 is 0 Å². The summed E-state index contributed by atoms with van der Waals surface area (Å²) in [5, 5.41) is 4.38. The molecule has 3 aromatic rings. The Bertz CT molecular complexity index is 1030. The lowest BCUT2D eigenvalue weighted by Gasteiger charge is -2.14. The predicted molar refractivity (Wildman–Crippen MR) is 138 cm³/mol. The molecule has 0 spiro atoms. The van der Waals surface area contributed by atoms with Gasteiger partial charge in [-0.1, -0.05) is 84.0 Å². The van der Waals surface area contributed by atoms with Crippen LogP contribution in [0.1, 0.15) is 44.4 Å². The molecule has 1 heterocycles. The molecular formula is C25H26BrCl2NOS. The van der Waals surface area contributed by atoms with Gasteiger partial charge in [0.05, 0.1) is 11.6 Å². The Morgan fingerprint density at radius 1 is 1.06 bits per heavy atom. The molecule has 0 saturated carbocycles. The van der Waals surface area contributed by atoms with Crippen LogP contribution in [0.3, 0.4) is 0 Å². The van der Waals surface area contributed by atoms with Gasteiger partial charge < -0.3 is 5.32 Å². The Morgan fingerprint density at radius 3 is 2.45 bits per heavy atom. The number of hydrogen-bond acceptors (Lipinski definition) is 2. The number of rotatable bonds is 9. The van der Waals surface area contributed by atoms with Gasteiger partial charge in [-0.2, -0.15) is 0 Å². The number of amides is 1. The van der Waals surface area contributed by atoms with Crippen LogP contribution in [-0.4, -0.2) is 5.91 Å². The standard InChI is InChI=1S/C25H26BrCl2NOS/c1-3-5-6-16(4-2)25(30)29-15-20-14-22(17-7-9-18(26)10-8-17)24(31-20)21-12-11-19(27)13-23(21)28/h7-14,16H,3-6,15H2,1-2H3,(H,29,30). The van der Waals surface area contributed by atoms with E-state index in [2.05, 4.69) is 53.3 Å². The molecule has 0 bridgehead atoms. The zero-order chi connectivity index (χ0) is 22.4. The summed E-state index contributed by atoms with van der Waals surface area (Å²) in [5.41, 5.74) is 3.15. The second-order valence-corrected chi connectivity index (χ2v) is 10.4. The van der Waals surface area contributed by atoms with Crippen molar-refractivity contribution in [3.63, 3.8) is 0 Å². The van der Waals surface area contributed by atoms with Gasteiger partial charge in [-0.3, -0.25) is 4.79 Å². The molecular weight excluding hydrogens is 513 g/mol. The van der Waals surface area contributed by atoms with Crippen LogP contribution in [0.2, 0.25) is 10.0 Å². The number of unbranched alkanes of at least 4 members (excludes halogenated alkanes) is 1. The first-order valence-corrected chi connectivity index (χ1v) is 12.9. The van der Waals surface area contributed by atoms with Crippen molar-refractivity contribution in [1.29, 1.82) is 0 Å². The van der Waals surface area contributed by atoms with Crippen LogP contribution in [-0.2, 0) is 11.3 Å². The Hall–Kier alpha value is -1.33. The molecule has 1 aromatic heterocycles. The molecule has 1 N–H and O–H groups in total. The molecule has 1 atom stereocenters. The summed E-state index contributed by atoms with van der Waals surface area (Å²) in [4.78, 5) is 14.8. The van der Waals surface area contributed by atoms with Crippen molar-refractivity contribution in [1.82, 2.24) is 5.32 Å². The molecule has 2 nitrogen and oxygen atoms in total. The van der Waals surface area contributed by atoms with Gasteiger partial charge in [-0.15, -0.1) is 11.3 Å². The van der Waals surface area contributed by atoms with Crippen molar-refractivity contribution in [3.8, 4) is 21.6 Å². The van der Waals surface area contributed by atoms with Gasteiger partial charge in [0.15, 0.2) is 0 Å². The second-order valence-electron chi connectivity index (χ2n) is 7.55. The molecule has 6 heteroatoms. The van der Waals surface area contributed by atoms with Gasteiger partial charge in [0.1, 0.15) is 0 Å². The number of carbonyl (C=O) groups excluding carboxylic acids is 1. The third-order valence-corrected chi connectivity index (χ3v) is 7.57. The van der Waals surface area contributed by atoms with E-state index in [1.807, 2.05) is 24.3 Å². The van der Waals surface area contributed by atoms with Crippen LogP contribution in [0.5, 0.6) is 0 Å². The average Bonchev–Trinajstić information content (AvgIpc) is 3.17. The van der Waals surface area contributed by atoms with E-state index < -0.39 is 0 Å². The van der Waals surface area contributed by atoms with E-state index in [1.54, 1.807) is 17.4 Å². The summed E-state index contributed by atoms with van der Waals surface area (Å²) < 4.78 is 1.03. The summed E-state index contributed by atoms with van der Waals surface area (Å²) in [5.74, 6) is 0.219. The minimum absolute atomic E-state index is 0.0797. The highest BCUT2D eigenvalue weighted by molar-refractivity contribution is 9.10. The van der Waals surface area contributed by atoms with Gasteiger partial charge >= 0.3 is 0 Å². The van der Waals surface area contributed by atoms with Crippen molar-refractivity contribution in [2.75, 3.05) is 0 Å². The molecule has 1 unspecified atom stereocenters. The highest BCUT2D eigenvalue weighted by Crippen LogP contribution is 2.43. The number of nitrogens with one attached hydrogen (secondary N) is 1. The second kappa shape index (κ2) is 11.5. The van der Waals surface area contributed by atoms with Crippen molar-refractivity contribution in [3.05, 3.63) is 67.9 Å². The monoisotopic (exact) mass is 537 g/mol. The highest BCUT2D eigenvalue weighted by Gasteiger charge is 2.18. The molecule has 0 aliphatic rings. The molecule has 0 aliphatic heterocycles. The lowest BCUT2D eigenvalue weighted by Crippen LogP contribution is -2.29. The van der Waals surface area contributed by atoms with Gasteiger partial charge in [-0.05, 0) is 48.7 Å². The molecule has 0 saturated heterocycles. The molecule has 0 fully saturated rings. The maximum Gasteiger partial charge on any atom is 0.223 e. The Labute approximate surface area is 207 Å². The Morgan fingerprint density at radius 2 is 1.81 bits per heavy atom. The minimum Gasteiger partial charge on any atom is -0.351 e. The zero-order valence-electron chi connectivity index (χ0n) is 17.7. The lowest BCUT2D eigenvalue weighted by molar-refractivity contribution is -0.125. The molecule has 0 aliphatic carbocycles. The largest absolute Gasteiger partial charge is 0.351 e. The van der Waals surface area contributed by atoms with Crippen LogP contribution in [0.4, 0.5) is 0 Å². The lowest BCUT2D eigenvalue weighted by atomic mass is 9.98. The number of thiophene rings is 1. The van der Waals surface area contributed by atoms with Crippen LogP contribution >= 0.6 is 50.5 Å². The third-order valence-electron chi connectivity index (χ3n) is 5.32. The molecule has 2 aromatic carbocycles. The SMILES string of the molecule is CCCCC(CC)C(=O)NCc1cc(-c2ccc(Br)cc2)c(-c2ccc(Cl)cc2Cl)s1. The van der Waals surface area contributed by atoms with E-state index in [9.17, 15) is 4.79 Å². The molecule has 3 rings (SSSR count). The number of carbonyl (C=O) groups is 1. The summed E-state index contributed by atoms with van der Waals surface area (Å²) in [6.45, 7) is 4.75. The van der Waals surface area contributed by atoms with Crippen LogP contribution < -0.4 is 5.32 Å². The smallest absolute Gasteiger partial charge is 0.223 e. The topological polar surface area (TPSA) is 29.1 Å². The van der Waals surface area contributed by atoms with Crippen molar-refractivity contribution < 1.29 is 4.79 Å². The van der Waals surface area contributed by atoms with Gasteiger partial charge in [-0.25, -0.2) is 0 Å². The predicted octanol–water partition coefficient (Wildman–Crippen LogP) is 8.98. The molecule has 1 amide bonds. The quantitative estimate of drug-likeness (QED) is 0.289. The maximum atomic E-state index is 12.7. The van der Waals surface area contributed by atoms with Gasteiger partial charge in [0.25, 0.3) is 0 Å². The molecule has 164 valence electrons. The minimum atomic E-state index is 0.0797. The normalized spacial score (nSPS) is 12.0. The molecule has 0 radical (unpaired) electrons. The summed E-state index contributed by atoms with van der Waals surface area (Å²) in [6, 6.07) is 16.0. The maximum absolute atomic E-state index is 12.7. The average molecular weight is 539 g/mol. The Balaban J connectivity index is 1.90. The fourth-order valence-electron chi connectivity index (χ4n) is 3.54. The fourth-order valence-corrected chi connectivity index (χ4v) is 5.52.